The first-order chi connectivity index (χ1) is 12.3. The topological polar surface area (TPSA) is 38.1 Å². The number of imidazole rings is 1. The lowest BCUT2D eigenvalue weighted by Crippen LogP contribution is -2.30. The molecule has 0 saturated carbocycles. The lowest BCUT2D eigenvalue weighted by atomic mass is 9.98. The average Bonchev–Trinajstić information content (AvgIpc) is 3.36. The van der Waals surface area contributed by atoms with E-state index in [-0.39, 0.29) is 11.9 Å². The van der Waals surface area contributed by atoms with Gasteiger partial charge in [-0.2, -0.15) is 0 Å². The lowest BCUT2D eigenvalue weighted by molar-refractivity contribution is 0.0781. The van der Waals surface area contributed by atoms with Crippen LogP contribution >= 0.6 is 0 Å². The summed E-state index contributed by atoms with van der Waals surface area (Å²) < 4.78 is 2.01. The first-order valence-electron chi connectivity index (χ1n) is 8.75. The summed E-state index contributed by atoms with van der Waals surface area (Å²) in [6.45, 7) is 1.68. The number of carbonyl (C=O) groups excluding carboxylic acids is 1. The molecule has 1 aliphatic heterocycles. The van der Waals surface area contributed by atoms with Gasteiger partial charge in [0.15, 0.2) is 0 Å². The Morgan fingerprint density at radius 2 is 1.44 bits per heavy atom. The maximum absolute atomic E-state index is 13.0. The number of carbonyl (C=O) groups is 1. The van der Waals surface area contributed by atoms with E-state index in [4.69, 9.17) is 0 Å². The summed E-state index contributed by atoms with van der Waals surface area (Å²) >= 11 is 0. The van der Waals surface area contributed by atoms with Crippen molar-refractivity contribution in [2.75, 3.05) is 13.1 Å². The Kier molecular flexibility index (Phi) is 4.34. The van der Waals surface area contributed by atoms with Gasteiger partial charge in [0, 0.05) is 13.1 Å². The summed E-state index contributed by atoms with van der Waals surface area (Å²) in [7, 11) is 0. The third-order valence-electron chi connectivity index (χ3n) is 4.79. The van der Waals surface area contributed by atoms with Crippen molar-refractivity contribution >= 4 is 5.91 Å². The zero-order valence-electron chi connectivity index (χ0n) is 14.1. The first-order valence-corrected chi connectivity index (χ1v) is 8.75. The van der Waals surface area contributed by atoms with Crippen LogP contribution in [0.25, 0.3) is 0 Å². The molecule has 1 fully saturated rings. The highest BCUT2D eigenvalue weighted by Gasteiger charge is 2.26. The molecule has 25 heavy (non-hydrogen) atoms. The first kappa shape index (κ1) is 15.6. The minimum Gasteiger partial charge on any atom is -0.337 e. The predicted molar refractivity (Wildman–Crippen MR) is 97.5 cm³/mol. The van der Waals surface area contributed by atoms with Crippen LogP contribution in [0.2, 0.25) is 0 Å². The van der Waals surface area contributed by atoms with Crippen molar-refractivity contribution in [1.82, 2.24) is 14.5 Å². The summed E-state index contributed by atoms with van der Waals surface area (Å²) in [5.74, 6) is 0.0758. The SMILES string of the molecule is O=C(c1cncn1C(c1ccccc1)c1ccccc1)N1CCCC1. The van der Waals surface area contributed by atoms with Gasteiger partial charge in [0.25, 0.3) is 5.91 Å². The minimum absolute atomic E-state index is 0.0635. The molecule has 0 atom stereocenters. The van der Waals surface area contributed by atoms with E-state index in [0.717, 1.165) is 37.1 Å². The summed E-state index contributed by atoms with van der Waals surface area (Å²) in [6.07, 6.45) is 5.63. The zero-order chi connectivity index (χ0) is 17.1. The molecule has 0 spiro atoms. The fraction of sp³-hybridized carbons (Fsp3) is 0.238. The van der Waals surface area contributed by atoms with Crippen LogP contribution in [0.1, 0.15) is 40.5 Å². The number of rotatable bonds is 4. The molecular weight excluding hydrogens is 310 g/mol. The van der Waals surface area contributed by atoms with Crippen LogP contribution in [-0.2, 0) is 0 Å². The highest BCUT2D eigenvalue weighted by atomic mass is 16.2. The van der Waals surface area contributed by atoms with Crippen LogP contribution < -0.4 is 0 Å². The van der Waals surface area contributed by atoms with Crippen molar-refractivity contribution in [3.63, 3.8) is 0 Å². The van der Waals surface area contributed by atoms with Gasteiger partial charge in [0.2, 0.25) is 0 Å². The van der Waals surface area contributed by atoms with E-state index < -0.39 is 0 Å². The van der Waals surface area contributed by atoms with Crippen LogP contribution in [0, 0.1) is 0 Å². The number of hydrogen-bond donors (Lipinski definition) is 0. The van der Waals surface area contributed by atoms with Gasteiger partial charge in [-0.25, -0.2) is 4.98 Å². The number of benzene rings is 2. The monoisotopic (exact) mass is 331 g/mol. The van der Waals surface area contributed by atoms with E-state index in [1.807, 2.05) is 45.9 Å². The van der Waals surface area contributed by atoms with Gasteiger partial charge in [-0.05, 0) is 24.0 Å². The van der Waals surface area contributed by atoms with Gasteiger partial charge in [-0.15, -0.1) is 0 Å². The molecule has 1 aliphatic rings. The molecule has 2 heterocycles. The van der Waals surface area contributed by atoms with Crippen LogP contribution in [0.3, 0.4) is 0 Å². The van der Waals surface area contributed by atoms with Crippen molar-refractivity contribution in [2.45, 2.75) is 18.9 Å². The van der Waals surface area contributed by atoms with Crippen LogP contribution in [0.5, 0.6) is 0 Å². The van der Waals surface area contributed by atoms with E-state index >= 15 is 0 Å². The van der Waals surface area contributed by atoms with Crippen molar-refractivity contribution in [3.05, 3.63) is 90.0 Å². The van der Waals surface area contributed by atoms with Gasteiger partial charge in [0.1, 0.15) is 5.69 Å². The van der Waals surface area contributed by atoms with Gasteiger partial charge < -0.3 is 9.47 Å². The Bertz CT molecular complexity index is 796. The Labute approximate surface area is 147 Å². The van der Waals surface area contributed by atoms with E-state index in [2.05, 4.69) is 29.2 Å². The van der Waals surface area contributed by atoms with Crippen molar-refractivity contribution in [2.24, 2.45) is 0 Å². The number of hydrogen-bond acceptors (Lipinski definition) is 2. The van der Waals surface area contributed by atoms with Gasteiger partial charge in [0.05, 0.1) is 18.6 Å². The molecule has 0 unspecified atom stereocenters. The molecule has 1 aromatic heterocycles. The molecule has 2 aromatic carbocycles. The van der Waals surface area contributed by atoms with E-state index in [0.29, 0.717) is 5.69 Å². The maximum atomic E-state index is 13.0. The smallest absolute Gasteiger partial charge is 0.272 e. The second-order valence-electron chi connectivity index (χ2n) is 6.41. The van der Waals surface area contributed by atoms with E-state index in [9.17, 15) is 4.79 Å². The second kappa shape index (κ2) is 6.93. The predicted octanol–water partition coefficient (Wildman–Crippen LogP) is 3.76. The average molecular weight is 331 g/mol. The number of amides is 1. The van der Waals surface area contributed by atoms with Crippen molar-refractivity contribution < 1.29 is 4.79 Å². The summed E-state index contributed by atoms with van der Waals surface area (Å²) in [5.41, 5.74) is 2.93. The Morgan fingerprint density at radius 1 is 0.880 bits per heavy atom. The van der Waals surface area contributed by atoms with Crippen LogP contribution in [-0.4, -0.2) is 33.4 Å². The third kappa shape index (κ3) is 3.07. The molecule has 3 aromatic rings. The molecule has 4 nitrogen and oxygen atoms in total. The second-order valence-corrected chi connectivity index (χ2v) is 6.41. The van der Waals surface area contributed by atoms with Crippen LogP contribution in [0.15, 0.2) is 73.2 Å². The summed E-state index contributed by atoms with van der Waals surface area (Å²) in [6, 6.07) is 20.5. The van der Waals surface area contributed by atoms with Crippen LogP contribution in [0.4, 0.5) is 0 Å². The Balaban J connectivity index is 1.79. The third-order valence-corrected chi connectivity index (χ3v) is 4.79. The molecule has 1 amide bonds. The van der Waals surface area contributed by atoms with Gasteiger partial charge in [-0.1, -0.05) is 60.7 Å². The fourth-order valence-corrected chi connectivity index (χ4v) is 3.54. The lowest BCUT2D eigenvalue weighted by Gasteiger charge is -2.23. The maximum Gasteiger partial charge on any atom is 0.272 e. The number of aromatic nitrogens is 2. The molecule has 0 radical (unpaired) electrons. The summed E-state index contributed by atoms with van der Waals surface area (Å²) in [4.78, 5) is 19.2. The molecule has 126 valence electrons. The molecule has 0 aliphatic carbocycles. The fourth-order valence-electron chi connectivity index (χ4n) is 3.54. The molecule has 0 bridgehead atoms. The Morgan fingerprint density at radius 3 is 2.00 bits per heavy atom. The highest BCUT2D eigenvalue weighted by molar-refractivity contribution is 5.92. The van der Waals surface area contributed by atoms with Gasteiger partial charge >= 0.3 is 0 Å². The Hall–Kier alpha value is -2.88. The molecule has 4 rings (SSSR count). The minimum atomic E-state index is -0.0635. The number of likely N-dealkylation sites (tertiary alicyclic amines) is 1. The quantitative estimate of drug-likeness (QED) is 0.730. The van der Waals surface area contributed by atoms with Crippen molar-refractivity contribution in [1.29, 1.82) is 0 Å². The molecular formula is C21H21N3O. The van der Waals surface area contributed by atoms with Crippen molar-refractivity contribution in [3.8, 4) is 0 Å². The normalized spacial score (nSPS) is 14.2. The number of nitrogens with zero attached hydrogens (tertiary/aromatic N) is 3. The molecule has 1 saturated heterocycles. The standard InChI is InChI=1S/C21H21N3O/c25-21(23-13-7-8-14-23)19-15-22-16-24(19)20(17-9-3-1-4-10-17)18-11-5-2-6-12-18/h1-6,9-12,15-16,20H,7-8,13-14H2. The molecule has 0 N–H and O–H groups in total. The van der Waals surface area contributed by atoms with E-state index in [1.165, 1.54) is 0 Å². The largest absolute Gasteiger partial charge is 0.337 e. The van der Waals surface area contributed by atoms with Gasteiger partial charge in [-0.3, -0.25) is 4.79 Å². The molecule has 4 heteroatoms. The highest BCUT2D eigenvalue weighted by Crippen LogP contribution is 2.28. The van der Waals surface area contributed by atoms with E-state index in [1.54, 1.807) is 12.5 Å². The zero-order valence-corrected chi connectivity index (χ0v) is 14.1. The summed E-state index contributed by atoms with van der Waals surface area (Å²) in [5, 5.41) is 0.